The van der Waals surface area contributed by atoms with Crippen LogP contribution in [-0.2, 0) is 11.2 Å². The van der Waals surface area contributed by atoms with Crippen molar-refractivity contribution < 1.29 is 14.6 Å². The van der Waals surface area contributed by atoms with E-state index in [0.29, 0.717) is 17.2 Å². The molecule has 3 nitrogen and oxygen atoms in total. The molecule has 1 atom stereocenters. The lowest BCUT2D eigenvalue weighted by atomic mass is 10.1. The summed E-state index contributed by atoms with van der Waals surface area (Å²) >= 11 is 7.93. The SMILES string of the molecule is O=C(O)C1Cc2cc(Cl)cc(I)c2O1. The minimum Gasteiger partial charge on any atom is -0.478 e. The Morgan fingerprint density at radius 3 is 3.00 bits per heavy atom. The summed E-state index contributed by atoms with van der Waals surface area (Å²) in [5.41, 5.74) is 0.870. The lowest BCUT2D eigenvalue weighted by molar-refractivity contribution is -0.144. The van der Waals surface area contributed by atoms with Crippen LogP contribution in [0.3, 0.4) is 0 Å². The number of rotatable bonds is 1. The van der Waals surface area contributed by atoms with Crippen LogP contribution in [0.5, 0.6) is 5.75 Å². The molecule has 1 aliphatic heterocycles. The Bertz CT molecular complexity index is 405. The highest BCUT2D eigenvalue weighted by atomic mass is 127. The molecule has 1 N–H and O–H groups in total. The summed E-state index contributed by atoms with van der Waals surface area (Å²) in [6.45, 7) is 0. The number of ether oxygens (including phenoxy) is 1. The molecule has 0 aliphatic carbocycles. The normalized spacial score (nSPS) is 18.9. The van der Waals surface area contributed by atoms with E-state index in [0.717, 1.165) is 9.13 Å². The van der Waals surface area contributed by atoms with Gasteiger partial charge in [0.05, 0.1) is 3.57 Å². The van der Waals surface area contributed by atoms with Crippen LogP contribution in [0.4, 0.5) is 0 Å². The Labute approximate surface area is 99.2 Å². The molecule has 14 heavy (non-hydrogen) atoms. The fourth-order valence-corrected chi connectivity index (χ4v) is 2.65. The average Bonchev–Trinajstić information content (AvgIpc) is 2.47. The van der Waals surface area contributed by atoms with Gasteiger partial charge in [0.25, 0.3) is 0 Å². The van der Waals surface area contributed by atoms with Crippen molar-refractivity contribution in [3.8, 4) is 5.75 Å². The van der Waals surface area contributed by atoms with Crippen molar-refractivity contribution in [1.82, 2.24) is 0 Å². The average molecular weight is 325 g/mol. The predicted octanol–water partition coefficient (Wildman–Crippen LogP) is 2.33. The van der Waals surface area contributed by atoms with Crippen molar-refractivity contribution in [3.05, 3.63) is 26.3 Å². The number of carboxylic acids is 1. The molecule has 74 valence electrons. The number of carboxylic acid groups (broad SMARTS) is 1. The first-order valence-corrected chi connectivity index (χ1v) is 5.41. The van der Waals surface area contributed by atoms with Crippen LogP contribution < -0.4 is 4.74 Å². The Kier molecular flexibility index (Phi) is 2.57. The van der Waals surface area contributed by atoms with E-state index in [-0.39, 0.29) is 0 Å². The molecule has 2 rings (SSSR count). The first-order valence-electron chi connectivity index (χ1n) is 3.95. The summed E-state index contributed by atoms with van der Waals surface area (Å²) in [5.74, 6) is -0.282. The molecule has 1 aromatic rings. The summed E-state index contributed by atoms with van der Waals surface area (Å²) in [6.07, 6.45) is -0.377. The molecular formula is C9H6ClIO3. The van der Waals surface area contributed by atoms with E-state index in [4.69, 9.17) is 21.4 Å². The third-order valence-electron chi connectivity index (χ3n) is 2.03. The van der Waals surface area contributed by atoms with E-state index < -0.39 is 12.1 Å². The third-order valence-corrected chi connectivity index (χ3v) is 3.05. The summed E-state index contributed by atoms with van der Waals surface area (Å²) < 4.78 is 6.14. The first-order chi connectivity index (χ1) is 6.58. The molecule has 0 aromatic heterocycles. The van der Waals surface area contributed by atoms with Crippen LogP contribution in [-0.4, -0.2) is 17.2 Å². The Hall–Kier alpha value is -0.490. The van der Waals surface area contributed by atoms with Gasteiger partial charge >= 0.3 is 5.97 Å². The highest BCUT2D eigenvalue weighted by molar-refractivity contribution is 14.1. The molecule has 1 aliphatic rings. The summed E-state index contributed by atoms with van der Waals surface area (Å²) in [7, 11) is 0. The maximum atomic E-state index is 10.7. The minimum atomic E-state index is -0.937. The first kappa shape index (κ1) is 10.0. The van der Waals surface area contributed by atoms with E-state index in [1.165, 1.54) is 0 Å². The second-order valence-corrected chi connectivity index (χ2v) is 4.62. The summed E-state index contributed by atoms with van der Waals surface area (Å²) in [6, 6.07) is 3.51. The van der Waals surface area contributed by atoms with Gasteiger partial charge in [-0.15, -0.1) is 0 Å². The fourth-order valence-electron chi connectivity index (χ4n) is 1.42. The van der Waals surface area contributed by atoms with Crippen molar-refractivity contribution in [2.75, 3.05) is 0 Å². The smallest absolute Gasteiger partial charge is 0.345 e. The van der Waals surface area contributed by atoms with E-state index in [1.54, 1.807) is 12.1 Å². The van der Waals surface area contributed by atoms with E-state index in [2.05, 4.69) is 22.6 Å². The molecule has 5 heteroatoms. The lowest BCUT2D eigenvalue weighted by Crippen LogP contribution is -2.24. The zero-order valence-electron chi connectivity index (χ0n) is 6.96. The van der Waals surface area contributed by atoms with Gasteiger partial charge in [0.2, 0.25) is 0 Å². The number of benzene rings is 1. The highest BCUT2D eigenvalue weighted by Crippen LogP contribution is 2.35. The van der Waals surface area contributed by atoms with Crippen LogP contribution in [0.15, 0.2) is 12.1 Å². The maximum Gasteiger partial charge on any atom is 0.345 e. The van der Waals surface area contributed by atoms with E-state index >= 15 is 0 Å². The van der Waals surface area contributed by atoms with E-state index in [9.17, 15) is 4.79 Å². The van der Waals surface area contributed by atoms with Gasteiger partial charge in [-0.3, -0.25) is 0 Å². The molecule has 0 saturated carbocycles. The number of hydrogen-bond donors (Lipinski definition) is 1. The minimum absolute atomic E-state index is 0.390. The molecule has 0 saturated heterocycles. The van der Waals surface area contributed by atoms with Crippen molar-refractivity contribution in [3.63, 3.8) is 0 Å². The second kappa shape index (κ2) is 3.58. The maximum absolute atomic E-state index is 10.7. The Morgan fingerprint density at radius 1 is 1.64 bits per heavy atom. The van der Waals surface area contributed by atoms with Gasteiger partial charge in [0, 0.05) is 17.0 Å². The second-order valence-electron chi connectivity index (χ2n) is 3.02. The topological polar surface area (TPSA) is 46.5 Å². The van der Waals surface area contributed by atoms with Crippen molar-refractivity contribution in [2.24, 2.45) is 0 Å². The number of aliphatic carboxylic acids is 1. The molecule has 1 heterocycles. The summed E-state index contributed by atoms with van der Waals surface area (Å²) in [4.78, 5) is 10.7. The Morgan fingerprint density at radius 2 is 2.36 bits per heavy atom. The molecule has 0 amide bonds. The van der Waals surface area contributed by atoms with Gasteiger partial charge in [-0.2, -0.15) is 0 Å². The molecule has 0 spiro atoms. The zero-order chi connectivity index (χ0) is 10.3. The van der Waals surface area contributed by atoms with Gasteiger partial charge in [-0.25, -0.2) is 4.79 Å². The van der Waals surface area contributed by atoms with Crippen LogP contribution in [0, 0.1) is 3.57 Å². The number of hydrogen-bond acceptors (Lipinski definition) is 2. The highest BCUT2D eigenvalue weighted by Gasteiger charge is 2.30. The van der Waals surface area contributed by atoms with Gasteiger partial charge in [-0.1, -0.05) is 11.6 Å². The Balaban J connectivity index is 2.39. The van der Waals surface area contributed by atoms with Gasteiger partial charge < -0.3 is 9.84 Å². The van der Waals surface area contributed by atoms with Crippen LogP contribution in [0.2, 0.25) is 5.02 Å². The third kappa shape index (κ3) is 1.68. The number of carbonyl (C=O) groups is 1. The van der Waals surface area contributed by atoms with Crippen molar-refractivity contribution in [1.29, 1.82) is 0 Å². The number of halogens is 2. The van der Waals surface area contributed by atoms with Crippen molar-refractivity contribution >= 4 is 40.2 Å². The summed E-state index contributed by atoms with van der Waals surface area (Å²) in [5, 5.41) is 9.40. The van der Waals surface area contributed by atoms with Gasteiger partial charge in [-0.05, 0) is 34.7 Å². The number of fused-ring (bicyclic) bond motifs is 1. The molecule has 1 aromatic carbocycles. The van der Waals surface area contributed by atoms with Crippen LogP contribution in [0.25, 0.3) is 0 Å². The van der Waals surface area contributed by atoms with Gasteiger partial charge in [0.15, 0.2) is 6.10 Å². The quantitative estimate of drug-likeness (QED) is 0.807. The molecule has 0 radical (unpaired) electrons. The molecular weight excluding hydrogens is 318 g/mol. The monoisotopic (exact) mass is 324 g/mol. The van der Waals surface area contributed by atoms with Gasteiger partial charge in [0.1, 0.15) is 5.75 Å². The largest absolute Gasteiger partial charge is 0.478 e. The predicted molar refractivity (Wildman–Crippen MR) is 59.9 cm³/mol. The lowest BCUT2D eigenvalue weighted by Gasteiger charge is -2.05. The fraction of sp³-hybridized carbons (Fsp3) is 0.222. The molecule has 0 bridgehead atoms. The van der Waals surface area contributed by atoms with Crippen LogP contribution in [0.1, 0.15) is 5.56 Å². The molecule has 0 fully saturated rings. The van der Waals surface area contributed by atoms with E-state index in [1.807, 2.05) is 0 Å². The molecule has 1 unspecified atom stereocenters. The van der Waals surface area contributed by atoms with Crippen molar-refractivity contribution in [2.45, 2.75) is 12.5 Å². The standard InChI is InChI=1S/C9H6ClIO3/c10-5-1-4-2-7(9(12)13)14-8(4)6(11)3-5/h1,3,7H,2H2,(H,12,13). The zero-order valence-corrected chi connectivity index (χ0v) is 9.87. The van der Waals surface area contributed by atoms with Crippen LogP contribution >= 0.6 is 34.2 Å².